The maximum atomic E-state index is 11.8. The minimum absolute atomic E-state index is 0.0724. The molecule has 1 rings (SSSR count). The highest BCUT2D eigenvalue weighted by atomic mass is 79.9. The lowest BCUT2D eigenvalue weighted by atomic mass is 10.4. The van der Waals surface area contributed by atoms with E-state index in [4.69, 9.17) is 0 Å². The van der Waals surface area contributed by atoms with Crippen molar-refractivity contribution < 1.29 is 8.42 Å². The summed E-state index contributed by atoms with van der Waals surface area (Å²) < 4.78 is 25.3. The van der Waals surface area contributed by atoms with Gasteiger partial charge in [-0.05, 0) is 26.7 Å². The van der Waals surface area contributed by atoms with Gasteiger partial charge in [0.05, 0.1) is 5.25 Å². The topological polar surface area (TPSA) is 37.4 Å². The summed E-state index contributed by atoms with van der Waals surface area (Å²) in [5.41, 5.74) is 0. The average molecular weight is 270 g/mol. The highest BCUT2D eigenvalue weighted by molar-refractivity contribution is 9.09. The van der Waals surface area contributed by atoms with Gasteiger partial charge in [0, 0.05) is 17.9 Å². The van der Waals surface area contributed by atoms with Crippen LogP contribution in [0.15, 0.2) is 0 Å². The number of rotatable bonds is 5. The Bertz CT molecular complexity index is 259. The second-order valence-corrected chi connectivity index (χ2v) is 6.60. The zero-order valence-corrected chi connectivity index (χ0v) is 10.4. The Labute approximate surface area is 88.7 Å². The Balaban J connectivity index is 2.73. The van der Waals surface area contributed by atoms with Crippen LogP contribution >= 0.6 is 15.9 Å². The van der Waals surface area contributed by atoms with E-state index < -0.39 is 10.0 Å². The summed E-state index contributed by atoms with van der Waals surface area (Å²) in [5.74, 6) is 0. The molecule has 1 saturated carbocycles. The Morgan fingerprint density at radius 2 is 2.00 bits per heavy atom. The molecule has 0 unspecified atom stereocenters. The van der Waals surface area contributed by atoms with Crippen molar-refractivity contribution in [2.45, 2.75) is 38.0 Å². The van der Waals surface area contributed by atoms with E-state index in [1.54, 1.807) is 4.31 Å². The molecule has 1 aliphatic rings. The molecule has 0 amide bonds. The number of alkyl halides is 1. The molecule has 0 saturated heterocycles. The predicted octanol–water partition coefficient (Wildman–Crippen LogP) is 1.58. The first-order valence-electron chi connectivity index (χ1n) is 4.56. The summed E-state index contributed by atoms with van der Waals surface area (Å²) in [4.78, 5) is 0. The fraction of sp³-hybridized carbons (Fsp3) is 1.00. The largest absolute Gasteiger partial charge is 0.217 e. The summed E-state index contributed by atoms with van der Waals surface area (Å²) in [5, 5.41) is 0.617. The number of hydrogen-bond donors (Lipinski definition) is 0. The second kappa shape index (κ2) is 4.28. The van der Waals surface area contributed by atoms with Crippen LogP contribution in [0.2, 0.25) is 0 Å². The zero-order chi connectivity index (χ0) is 10.1. The van der Waals surface area contributed by atoms with Gasteiger partial charge >= 0.3 is 0 Å². The van der Waals surface area contributed by atoms with Crippen LogP contribution in [0.3, 0.4) is 0 Å². The third-order valence-corrected chi connectivity index (χ3v) is 5.08. The molecule has 78 valence electrons. The molecule has 0 aromatic rings. The van der Waals surface area contributed by atoms with E-state index >= 15 is 0 Å². The van der Waals surface area contributed by atoms with Crippen molar-refractivity contribution in [3.8, 4) is 0 Å². The molecule has 0 aromatic heterocycles. The van der Waals surface area contributed by atoms with Crippen LogP contribution < -0.4 is 0 Å². The molecule has 1 aliphatic carbocycles. The highest BCUT2D eigenvalue weighted by Crippen LogP contribution is 2.31. The molecule has 0 atom stereocenters. The Morgan fingerprint density at radius 1 is 1.46 bits per heavy atom. The quantitative estimate of drug-likeness (QED) is 0.711. The number of nitrogens with zero attached hydrogens (tertiary/aromatic N) is 1. The zero-order valence-electron chi connectivity index (χ0n) is 8.03. The van der Waals surface area contributed by atoms with Gasteiger partial charge in [-0.2, -0.15) is 4.31 Å². The van der Waals surface area contributed by atoms with Crippen molar-refractivity contribution in [3.63, 3.8) is 0 Å². The standard InChI is InChI=1S/C8H16BrNO2S/c1-7(2)10(6-5-9)13(11,12)8-3-4-8/h7-8H,3-6H2,1-2H3. The molecule has 0 bridgehead atoms. The summed E-state index contributed by atoms with van der Waals surface area (Å²) in [6.07, 6.45) is 1.68. The fourth-order valence-electron chi connectivity index (χ4n) is 1.32. The maximum Gasteiger partial charge on any atom is 0.217 e. The van der Waals surface area contributed by atoms with Gasteiger partial charge < -0.3 is 0 Å². The van der Waals surface area contributed by atoms with Gasteiger partial charge in [-0.15, -0.1) is 0 Å². The molecule has 3 nitrogen and oxygen atoms in total. The summed E-state index contributed by atoms with van der Waals surface area (Å²) >= 11 is 3.27. The van der Waals surface area contributed by atoms with E-state index in [0.29, 0.717) is 11.9 Å². The highest BCUT2D eigenvalue weighted by Gasteiger charge is 2.40. The van der Waals surface area contributed by atoms with Crippen molar-refractivity contribution in [3.05, 3.63) is 0 Å². The molecular formula is C8H16BrNO2S. The van der Waals surface area contributed by atoms with E-state index in [2.05, 4.69) is 15.9 Å². The molecule has 0 aromatic carbocycles. The lowest BCUT2D eigenvalue weighted by molar-refractivity contribution is 0.371. The molecule has 0 spiro atoms. The van der Waals surface area contributed by atoms with Gasteiger partial charge in [-0.25, -0.2) is 8.42 Å². The van der Waals surface area contributed by atoms with Gasteiger partial charge in [0.15, 0.2) is 0 Å². The molecule has 0 aliphatic heterocycles. The van der Waals surface area contributed by atoms with Crippen LogP contribution in [0.25, 0.3) is 0 Å². The summed E-state index contributed by atoms with van der Waals surface area (Å²) in [6.45, 7) is 4.42. The van der Waals surface area contributed by atoms with Gasteiger partial charge in [-0.3, -0.25) is 0 Å². The van der Waals surface area contributed by atoms with Crippen molar-refractivity contribution in [1.29, 1.82) is 0 Å². The lowest BCUT2D eigenvalue weighted by Crippen LogP contribution is -2.40. The van der Waals surface area contributed by atoms with Gasteiger partial charge in [0.1, 0.15) is 0 Å². The SMILES string of the molecule is CC(C)N(CCBr)S(=O)(=O)C1CC1. The van der Waals surface area contributed by atoms with Crippen molar-refractivity contribution in [1.82, 2.24) is 4.31 Å². The number of sulfonamides is 1. The second-order valence-electron chi connectivity index (χ2n) is 3.64. The molecular weight excluding hydrogens is 254 g/mol. The number of hydrogen-bond acceptors (Lipinski definition) is 2. The van der Waals surface area contributed by atoms with E-state index in [9.17, 15) is 8.42 Å². The third-order valence-electron chi connectivity index (χ3n) is 2.15. The third kappa shape index (κ3) is 2.67. The van der Waals surface area contributed by atoms with Crippen LogP contribution in [0.1, 0.15) is 26.7 Å². The predicted molar refractivity (Wildman–Crippen MR) is 57.6 cm³/mol. The fourth-order valence-corrected chi connectivity index (χ4v) is 3.98. The normalized spacial score (nSPS) is 18.5. The van der Waals surface area contributed by atoms with E-state index in [-0.39, 0.29) is 11.3 Å². The van der Waals surface area contributed by atoms with E-state index in [1.165, 1.54) is 0 Å². The van der Waals surface area contributed by atoms with Gasteiger partial charge in [0.2, 0.25) is 10.0 Å². The smallest absolute Gasteiger partial charge is 0.212 e. The minimum Gasteiger partial charge on any atom is -0.212 e. The van der Waals surface area contributed by atoms with Crippen LogP contribution in [0, 0.1) is 0 Å². The molecule has 1 fully saturated rings. The van der Waals surface area contributed by atoms with E-state index in [0.717, 1.165) is 12.8 Å². The van der Waals surface area contributed by atoms with Crippen molar-refractivity contribution >= 4 is 26.0 Å². The van der Waals surface area contributed by atoms with Crippen LogP contribution in [-0.4, -0.2) is 35.9 Å². The van der Waals surface area contributed by atoms with Gasteiger partial charge in [-0.1, -0.05) is 15.9 Å². The molecule has 0 N–H and O–H groups in total. The molecule has 0 radical (unpaired) electrons. The summed E-state index contributed by atoms with van der Waals surface area (Å²) in [6, 6.07) is 0.0724. The summed E-state index contributed by atoms with van der Waals surface area (Å²) in [7, 11) is -2.99. The number of halogens is 1. The molecule has 0 heterocycles. The Kier molecular flexibility index (Phi) is 3.77. The van der Waals surface area contributed by atoms with Crippen LogP contribution in [0.4, 0.5) is 0 Å². The molecule has 5 heteroatoms. The van der Waals surface area contributed by atoms with Gasteiger partial charge in [0.25, 0.3) is 0 Å². The monoisotopic (exact) mass is 269 g/mol. The average Bonchev–Trinajstić information content (AvgIpc) is 2.80. The first-order valence-corrected chi connectivity index (χ1v) is 7.19. The molecule has 13 heavy (non-hydrogen) atoms. The first kappa shape index (κ1) is 11.5. The van der Waals surface area contributed by atoms with Crippen LogP contribution in [0.5, 0.6) is 0 Å². The Morgan fingerprint density at radius 3 is 2.31 bits per heavy atom. The Hall–Kier alpha value is 0.390. The first-order chi connectivity index (χ1) is 6.00. The van der Waals surface area contributed by atoms with Crippen LogP contribution in [-0.2, 0) is 10.0 Å². The lowest BCUT2D eigenvalue weighted by Gasteiger charge is -2.24. The van der Waals surface area contributed by atoms with Crippen molar-refractivity contribution in [2.24, 2.45) is 0 Å². The van der Waals surface area contributed by atoms with Crippen molar-refractivity contribution in [2.75, 3.05) is 11.9 Å². The van der Waals surface area contributed by atoms with E-state index in [1.807, 2.05) is 13.8 Å². The minimum atomic E-state index is -2.99. The maximum absolute atomic E-state index is 11.8.